The maximum atomic E-state index is 6.39. The quantitative estimate of drug-likeness (QED) is 0.375. The molecule has 0 bridgehead atoms. The Bertz CT molecular complexity index is 1100. The Hall–Kier alpha value is -2.12. The van der Waals surface area contributed by atoms with Crippen molar-refractivity contribution in [3.8, 4) is 0 Å². The topological polar surface area (TPSA) is 56.3 Å². The van der Waals surface area contributed by atoms with Crippen molar-refractivity contribution in [2.45, 2.75) is 89.5 Å². The molecule has 8 heteroatoms. The summed E-state index contributed by atoms with van der Waals surface area (Å²) < 4.78 is 0. The van der Waals surface area contributed by atoms with Crippen LogP contribution in [0.1, 0.15) is 83.6 Å². The van der Waals surface area contributed by atoms with E-state index in [0.717, 1.165) is 61.6 Å². The molecule has 0 radical (unpaired) electrons. The molecule has 1 unspecified atom stereocenters. The first kappa shape index (κ1) is 27.4. The first-order chi connectivity index (χ1) is 18.4. The van der Waals surface area contributed by atoms with Gasteiger partial charge in [0.15, 0.2) is 5.11 Å². The van der Waals surface area contributed by atoms with Gasteiger partial charge in [-0.1, -0.05) is 49.9 Å². The Kier molecular flexibility index (Phi) is 8.94. The molecule has 1 aliphatic carbocycles. The van der Waals surface area contributed by atoms with Gasteiger partial charge in [0.05, 0.1) is 0 Å². The minimum atomic E-state index is 0.0382. The van der Waals surface area contributed by atoms with Gasteiger partial charge in [-0.3, -0.25) is 0 Å². The zero-order chi connectivity index (χ0) is 26.5. The number of anilines is 3. The second-order valence-corrected chi connectivity index (χ2v) is 12.6. The summed E-state index contributed by atoms with van der Waals surface area (Å²) >= 11 is 12.2. The molecule has 6 nitrogen and oxygen atoms in total. The highest BCUT2D eigenvalue weighted by molar-refractivity contribution is 7.80. The van der Waals surface area contributed by atoms with Crippen LogP contribution in [0.3, 0.4) is 0 Å². The summed E-state index contributed by atoms with van der Waals surface area (Å²) in [4.78, 5) is 14.8. The summed E-state index contributed by atoms with van der Waals surface area (Å²) in [5.41, 5.74) is 1.34. The lowest BCUT2D eigenvalue weighted by Gasteiger charge is -2.38. The van der Waals surface area contributed by atoms with E-state index in [0.29, 0.717) is 17.1 Å². The van der Waals surface area contributed by atoms with Crippen LogP contribution in [0.15, 0.2) is 30.3 Å². The lowest BCUT2D eigenvalue weighted by atomic mass is 9.69. The third-order valence-corrected chi connectivity index (χ3v) is 9.45. The fourth-order valence-electron chi connectivity index (χ4n) is 6.47. The van der Waals surface area contributed by atoms with Gasteiger partial charge in [0, 0.05) is 48.7 Å². The zero-order valence-corrected chi connectivity index (χ0v) is 24.6. The number of benzene rings is 1. The van der Waals surface area contributed by atoms with E-state index in [2.05, 4.69) is 58.5 Å². The van der Waals surface area contributed by atoms with E-state index in [1.165, 1.54) is 56.9 Å². The Morgan fingerprint density at radius 3 is 2.47 bits per heavy atom. The number of hydrogen-bond donors (Lipinski definition) is 2. The molecule has 2 N–H and O–H groups in total. The summed E-state index contributed by atoms with van der Waals surface area (Å²) in [5, 5.41) is 8.28. The van der Waals surface area contributed by atoms with E-state index in [4.69, 9.17) is 33.8 Å². The molecule has 0 spiro atoms. The number of aromatic nitrogens is 2. The fraction of sp³-hybridized carbons (Fsp3) is 0.633. The average Bonchev–Trinajstić information content (AvgIpc) is 2.93. The molecule has 206 valence electrons. The van der Waals surface area contributed by atoms with E-state index in [9.17, 15) is 0 Å². The van der Waals surface area contributed by atoms with Crippen LogP contribution in [0.4, 0.5) is 17.6 Å². The first-order valence-corrected chi connectivity index (χ1v) is 15.4. The standard InChI is InChI=1S/C30H43ClN6S/c1-22-12-17-36(18-13-22)26-20-27(37-16-7-4-9-23(37)2)34-28(33-26)35-29(38)32-21-30(14-5-3-6-15-30)24-10-8-11-25(31)19-24/h8,10-11,19-20,22-23H,3-7,9,12-18,21H2,1-2H3,(H2,32,33,34,35,38). The largest absolute Gasteiger partial charge is 0.361 e. The van der Waals surface area contributed by atoms with Crippen molar-refractivity contribution >= 4 is 46.5 Å². The summed E-state index contributed by atoms with van der Waals surface area (Å²) in [5.74, 6) is 3.38. The highest BCUT2D eigenvalue weighted by atomic mass is 35.5. The normalized spacial score (nSPS) is 22.2. The fourth-order valence-corrected chi connectivity index (χ4v) is 6.83. The van der Waals surface area contributed by atoms with Gasteiger partial charge in [-0.25, -0.2) is 0 Å². The molecule has 1 aromatic carbocycles. The minimum Gasteiger partial charge on any atom is -0.361 e. The monoisotopic (exact) mass is 554 g/mol. The molecule has 3 heterocycles. The second kappa shape index (κ2) is 12.4. The summed E-state index contributed by atoms with van der Waals surface area (Å²) in [6.45, 7) is 8.55. The van der Waals surface area contributed by atoms with Crippen LogP contribution < -0.4 is 20.4 Å². The SMILES string of the molecule is CC1CCN(c2cc(N3CCCCC3C)nc(NC(=S)NCC3(c4cccc(Cl)c4)CCCCC3)n2)CC1. The molecular weight excluding hydrogens is 512 g/mol. The van der Waals surface area contributed by atoms with Crippen LogP contribution >= 0.6 is 23.8 Å². The Morgan fingerprint density at radius 1 is 0.974 bits per heavy atom. The summed E-state index contributed by atoms with van der Waals surface area (Å²) in [6, 6.07) is 11.0. The van der Waals surface area contributed by atoms with Gasteiger partial charge in [0.2, 0.25) is 5.95 Å². The number of thiocarbonyl (C=S) groups is 1. The number of nitrogens with zero attached hydrogens (tertiary/aromatic N) is 4. The van der Waals surface area contributed by atoms with Gasteiger partial charge < -0.3 is 20.4 Å². The van der Waals surface area contributed by atoms with Crippen LogP contribution in [0.5, 0.6) is 0 Å². The van der Waals surface area contributed by atoms with Crippen molar-refractivity contribution < 1.29 is 0 Å². The lowest BCUT2D eigenvalue weighted by molar-refractivity contribution is 0.292. The summed E-state index contributed by atoms with van der Waals surface area (Å²) in [6.07, 6.45) is 12.1. The number of piperidine rings is 2. The molecule has 1 atom stereocenters. The maximum Gasteiger partial charge on any atom is 0.232 e. The van der Waals surface area contributed by atoms with E-state index in [-0.39, 0.29) is 5.41 Å². The van der Waals surface area contributed by atoms with E-state index in [1.54, 1.807) is 0 Å². The highest BCUT2D eigenvalue weighted by Crippen LogP contribution is 2.40. The van der Waals surface area contributed by atoms with Crippen LogP contribution in [-0.2, 0) is 5.41 Å². The molecule has 3 fully saturated rings. The first-order valence-electron chi connectivity index (χ1n) is 14.6. The van der Waals surface area contributed by atoms with Gasteiger partial charge in [0.1, 0.15) is 11.6 Å². The summed E-state index contributed by atoms with van der Waals surface area (Å²) in [7, 11) is 0. The number of nitrogens with one attached hydrogen (secondary N) is 2. The zero-order valence-electron chi connectivity index (χ0n) is 23.0. The molecule has 0 amide bonds. The van der Waals surface area contributed by atoms with Crippen LogP contribution in [0.2, 0.25) is 5.02 Å². The van der Waals surface area contributed by atoms with E-state index in [1.807, 2.05) is 6.07 Å². The lowest BCUT2D eigenvalue weighted by Crippen LogP contribution is -2.44. The van der Waals surface area contributed by atoms with E-state index >= 15 is 0 Å². The van der Waals surface area contributed by atoms with Crippen LogP contribution in [0.25, 0.3) is 0 Å². The van der Waals surface area contributed by atoms with Crippen molar-refractivity contribution in [1.29, 1.82) is 0 Å². The Balaban J connectivity index is 1.33. The second-order valence-electron chi connectivity index (χ2n) is 11.8. The van der Waals surface area contributed by atoms with Gasteiger partial charge >= 0.3 is 0 Å². The van der Waals surface area contributed by atoms with Gasteiger partial charge in [-0.2, -0.15) is 9.97 Å². The molecule has 38 heavy (non-hydrogen) atoms. The Labute approximate surface area is 238 Å². The third-order valence-electron chi connectivity index (χ3n) is 8.96. The maximum absolute atomic E-state index is 6.39. The van der Waals surface area contributed by atoms with Gasteiger partial charge in [0.25, 0.3) is 0 Å². The molecule has 2 saturated heterocycles. The van der Waals surface area contributed by atoms with Gasteiger partial charge in [-0.05, 0) is 87.7 Å². The molecule has 5 rings (SSSR count). The molecule has 2 aliphatic heterocycles. The predicted molar refractivity (Wildman–Crippen MR) is 164 cm³/mol. The Morgan fingerprint density at radius 2 is 1.74 bits per heavy atom. The molecule has 1 saturated carbocycles. The predicted octanol–water partition coefficient (Wildman–Crippen LogP) is 6.93. The van der Waals surface area contributed by atoms with Crippen molar-refractivity contribution in [1.82, 2.24) is 15.3 Å². The number of halogens is 1. The average molecular weight is 555 g/mol. The molecule has 2 aromatic rings. The number of hydrogen-bond acceptors (Lipinski definition) is 5. The van der Waals surface area contributed by atoms with Crippen molar-refractivity contribution in [2.24, 2.45) is 5.92 Å². The number of rotatable bonds is 6. The van der Waals surface area contributed by atoms with Crippen molar-refractivity contribution in [2.75, 3.05) is 41.3 Å². The van der Waals surface area contributed by atoms with Gasteiger partial charge in [-0.15, -0.1) is 0 Å². The third kappa shape index (κ3) is 6.53. The van der Waals surface area contributed by atoms with Crippen LogP contribution in [0, 0.1) is 5.92 Å². The molecular formula is C30H43ClN6S. The smallest absolute Gasteiger partial charge is 0.232 e. The van der Waals surface area contributed by atoms with E-state index < -0.39 is 0 Å². The minimum absolute atomic E-state index is 0.0382. The van der Waals surface area contributed by atoms with Crippen LogP contribution in [-0.4, -0.2) is 47.3 Å². The van der Waals surface area contributed by atoms with Crippen molar-refractivity contribution in [3.63, 3.8) is 0 Å². The highest BCUT2D eigenvalue weighted by Gasteiger charge is 2.34. The van der Waals surface area contributed by atoms with Crippen molar-refractivity contribution in [3.05, 3.63) is 40.9 Å². The molecule has 1 aromatic heterocycles. The molecule has 3 aliphatic rings.